The average Bonchev–Trinajstić information content (AvgIpc) is 2.96. The molecule has 1 fully saturated rings. The van der Waals surface area contributed by atoms with E-state index in [1.165, 1.54) is 6.07 Å². The lowest BCUT2D eigenvalue weighted by molar-refractivity contribution is -0.148. The van der Waals surface area contributed by atoms with Crippen molar-refractivity contribution in [2.75, 3.05) is 45.2 Å². The molecule has 0 radical (unpaired) electrons. The fourth-order valence-electron chi connectivity index (χ4n) is 5.16. The number of sulfonamides is 1. The zero-order valence-electron chi connectivity index (χ0n) is 24.7. The number of carbonyl (C=O) groups excluding carboxylic acids is 2. The Morgan fingerprint density at radius 2 is 1.77 bits per heavy atom. The second kappa shape index (κ2) is 15.5. The Labute approximate surface area is 252 Å². The molecule has 0 unspecified atom stereocenters. The molecule has 43 heavy (non-hydrogen) atoms. The number of aliphatic carboxylic acids is 1. The third-order valence-corrected chi connectivity index (χ3v) is 8.96. The van der Waals surface area contributed by atoms with Crippen LogP contribution in [0.3, 0.4) is 0 Å². The highest BCUT2D eigenvalue weighted by atomic mass is 32.2. The molecule has 1 atom stereocenters. The van der Waals surface area contributed by atoms with Gasteiger partial charge in [-0.1, -0.05) is 24.3 Å². The molecular formula is C29H42N6O7S. The van der Waals surface area contributed by atoms with Gasteiger partial charge in [-0.2, -0.15) is 4.72 Å². The number of fused-ring (bicyclic) bond motifs is 1. The number of nitrogens with two attached hydrogens (primary N) is 2. The summed E-state index contributed by atoms with van der Waals surface area (Å²) in [6.07, 6.45) is 2.10. The van der Waals surface area contributed by atoms with Crippen LogP contribution in [0.25, 0.3) is 10.8 Å². The van der Waals surface area contributed by atoms with Gasteiger partial charge in [0.1, 0.15) is 6.04 Å². The number of carbonyl (C=O) groups is 3. The van der Waals surface area contributed by atoms with Crippen molar-refractivity contribution in [2.24, 2.45) is 22.4 Å². The maximum atomic E-state index is 13.7. The van der Waals surface area contributed by atoms with Gasteiger partial charge in [0.25, 0.3) is 0 Å². The van der Waals surface area contributed by atoms with Crippen molar-refractivity contribution in [3.8, 4) is 0 Å². The number of rotatable bonds is 15. The first-order valence-electron chi connectivity index (χ1n) is 14.3. The van der Waals surface area contributed by atoms with E-state index in [0.29, 0.717) is 44.2 Å². The van der Waals surface area contributed by atoms with E-state index in [2.05, 4.69) is 9.71 Å². The van der Waals surface area contributed by atoms with Crippen molar-refractivity contribution < 1.29 is 32.6 Å². The van der Waals surface area contributed by atoms with Crippen molar-refractivity contribution in [1.29, 1.82) is 0 Å². The summed E-state index contributed by atoms with van der Waals surface area (Å²) in [7, 11) is -0.320. The molecule has 6 N–H and O–H groups in total. The summed E-state index contributed by atoms with van der Waals surface area (Å²) in [6, 6.07) is 9.53. The molecule has 1 heterocycles. The van der Waals surface area contributed by atoms with Crippen LogP contribution in [0.2, 0.25) is 0 Å². The number of carboxylic acids is 1. The summed E-state index contributed by atoms with van der Waals surface area (Å²) < 4.78 is 35.3. The Morgan fingerprint density at radius 1 is 1.09 bits per heavy atom. The number of ether oxygens (including phenoxy) is 1. The number of hydrogen-bond acceptors (Lipinski definition) is 8. The zero-order chi connectivity index (χ0) is 31.6. The van der Waals surface area contributed by atoms with E-state index < -0.39 is 28.0 Å². The molecule has 1 aliphatic heterocycles. The van der Waals surface area contributed by atoms with E-state index in [1.54, 1.807) is 23.1 Å². The Bertz CT molecular complexity index is 1420. The van der Waals surface area contributed by atoms with Gasteiger partial charge in [0.2, 0.25) is 15.9 Å². The predicted molar refractivity (Wildman–Crippen MR) is 164 cm³/mol. The normalized spacial score (nSPS) is 14.7. The first-order chi connectivity index (χ1) is 20.4. The van der Waals surface area contributed by atoms with E-state index in [0.717, 1.165) is 11.1 Å². The number of piperidine rings is 1. The maximum absolute atomic E-state index is 13.7. The van der Waals surface area contributed by atoms with Crippen molar-refractivity contribution >= 4 is 50.3 Å². The van der Waals surface area contributed by atoms with E-state index in [1.807, 2.05) is 31.1 Å². The fraction of sp³-hybridized carbons (Fsp3) is 0.517. The zero-order valence-corrected chi connectivity index (χ0v) is 25.5. The summed E-state index contributed by atoms with van der Waals surface area (Å²) in [4.78, 5) is 43.6. The Balaban J connectivity index is 1.69. The highest BCUT2D eigenvalue weighted by molar-refractivity contribution is 7.89. The Hall–Kier alpha value is -3.91. The van der Waals surface area contributed by atoms with Crippen molar-refractivity contribution in [3.05, 3.63) is 36.4 Å². The van der Waals surface area contributed by atoms with Crippen molar-refractivity contribution in [2.45, 2.75) is 55.9 Å². The summed E-state index contributed by atoms with van der Waals surface area (Å²) >= 11 is 0. The highest BCUT2D eigenvalue weighted by Crippen LogP contribution is 2.30. The molecule has 0 spiro atoms. The van der Waals surface area contributed by atoms with Gasteiger partial charge in [0.15, 0.2) is 5.96 Å². The SMILES string of the molecule is CN(C)c1cccc2c(S(=O)(=O)N[C@@H](CCCN=C(N)N)C(=O)N3CCC(CCOC(=O)CCC(=O)O)CC3)cccc12. The van der Waals surface area contributed by atoms with Gasteiger partial charge in [-0.25, -0.2) is 8.42 Å². The van der Waals surface area contributed by atoms with Crippen LogP contribution in [0, 0.1) is 5.92 Å². The largest absolute Gasteiger partial charge is 0.481 e. The third-order valence-electron chi connectivity index (χ3n) is 7.43. The average molecular weight is 619 g/mol. The monoisotopic (exact) mass is 618 g/mol. The van der Waals surface area contributed by atoms with Crippen LogP contribution < -0.4 is 21.1 Å². The van der Waals surface area contributed by atoms with Gasteiger partial charge in [0, 0.05) is 50.2 Å². The second-order valence-electron chi connectivity index (χ2n) is 10.8. The topological polar surface area (TPSA) is 198 Å². The van der Waals surface area contributed by atoms with Crippen LogP contribution in [0.15, 0.2) is 46.3 Å². The quantitative estimate of drug-likeness (QED) is 0.0985. The molecule has 2 aromatic carbocycles. The summed E-state index contributed by atoms with van der Waals surface area (Å²) in [6.45, 7) is 1.30. The second-order valence-corrected chi connectivity index (χ2v) is 12.5. The van der Waals surface area contributed by atoms with Crippen LogP contribution in [0.4, 0.5) is 5.69 Å². The number of amides is 1. The first-order valence-corrected chi connectivity index (χ1v) is 15.8. The highest BCUT2D eigenvalue weighted by Gasteiger charge is 2.32. The molecule has 236 valence electrons. The molecule has 1 saturated heterocycles. The molecule has 3 rings (SSSR count). The molecule has 1 amide bonds. The van der Waals surface area contributed by atoms with Crippen molar-refractivity contribution in [3.63, 3.8) is 0 Å². The molecule has 0 aromatic heterocycles. The van der Waals surface area contributed by atoms with E-state index >= 15 is 0 Å². The molecule has 0 aliphatic carbocycles. The number of nitrogens with one attached hydrogen (secondary N) is 1. The van der Waals surface area contributed by atoms with Gasteiger partial charge >= 0.3 is 11.9 Å². The number of aliphatic imine (C=N–C) groups is 1. The summed E-state index contributed by atoms with van der Waals surface area (Å²) in [5.41, 5.74) is 11.7. The number of likely N-dealkylation sites (tertiary alicyclic amines) is 1. The molecular weight excluding hydrogens is 576 g/mol. The van der Waals surface area contributed by atoms with Crippen LogP contribution in [0.1, 0.15) is 44.9 Å². The Morgan fingerprint density at radius 3 is 2.42 bits per heavy atom. The summed E-state index contributed by atoms with van der Waals surface area (Å²) in [5.74, 6) is -1.78. The maximum Gasteiger partial charge on any atom is 0.306 e. The molecule has 2 aromatic rings. The number of guanidine groups is 1. The number of benzene rings is 2. The Kier molecular flexibility index (Phi) is 12.1. The van der Waals surface area contributed by atoms with Crippen LogP contribution >= 0.6 is 0 Å². The molecule has 14 heteroatoms. The molecule has 0 saturated carbocycles. The number of esters is 1. The minimum Gasteiger partial charge on any atom is -0.481 e. The number of carboxylic acid groups (broad SMARTS) is 1. The van der Waals surface area contributed by atoms with Gasteiger partial charge in [0.05, 0.1) is 24.3 Å². The van der Waals surface area contributed by atoms with E-state index in [4.69, 9.17) is 21.3 Å². The van der Waals surface area contributed by atoms with Gasteiger partial charge in [-0.15, -0.1) is 0 Å². The van der Waals surface area contributed by atoms with Crippen LogP contribution in [-0.2, 0) is 29.1 Å². The number of anilines is 1. The van der Waals surface area contributed by atoms with E-state index in [9.17, 15) is 22.8 Å². The fourth-order valence-corrected chi connectivity index (χ4v) is 6.60. The van der Waals surface area contributed by atoms with Crippen LogP contribution in [0.5, 0.6) is 0 Å². The lowest BCUT2D eigenvalue weighted by Gasteiger charge is -2.34. The minimum absolute atomic E-state index is 0.0782. The lowest BCUT2D eigenvalue weighted by atomic mass is 9.93. The third kappa shape index (κ3) is 9.82. The number of nitrogens with zero attached hydrogens (tertiary/aromatic N) is 3. The number of hydrogen-bond donors (Lipinski definition) is 4. The smallest absolute Gasteiger partial charge is 0.306 e. The van der Waals surface area contributed by atoms with Gasteiger partial charge in [-0.05, 0) is 50.2 Å². The van der Waals surface area contributed by atoms with Gasteiger partial charge in [-0.3, -0.25) is 19.4 Å². The van der Waals surface area contributed by atoms with E-state index in [-0.39, 0.29) is 55.1 Å². The predicted octanol–water partition coefficient (Wildman–Crippen LogP) is 1.64. The minimum atomic E-state index is -4.09. The standard InChI is InChI=1S/C29H42N6O7S/c1-34(2)24-9-3-7-22-21(24)6-4-10-25(22)43(40,41)33-23(8-5-16-32-29(30)31)28(39)35-17-13-20(14-18-35)15-19-42-27(38)12-11-26(36)37/h3-4,6-7,9-10,20,23,33H,5,8,11-19H2,1-2H3,(H,36,37)(H4,30,31,32)/t23-/m0/s1. The molecule has 1 aliphatic rings. The molecule has 13 nitrogen and oxygen atoms in total. The van der Waals surface area contributed by atoms with Crippen molar-refractivity contribution in [1.82, 2.24) is 9.62 Å². The molecule has 0 bridgehead atoms. The first kappa shape index (κ1) is 33.6. The lowest BCUT2D eigenvalue weighted by Crippen LogP contribution is -2.50. The van der Waals surface area contributed by atoms with Crippen LogP contribution in [-0.4, -0.2) is 88.6 Å². The summed E-state index contributed by atoms with van der Waals surface area (Å²) in [5, 5.41) is 10.0. The van der Waals surface area contributed by atoms with Gasteiger partial charge < -0.3 is 31.1 Å².